The third-order valence-corrected chi connectivity index (χ3v) is 4.44. The predicted molar refractivity (Wildman–Crippen MR) is 83.1 cm³/mol. The van der Waals surface area contributed by atoms with Gasteiger partial charge in [-0.2, -0.15) is 0 Å². The summed E-state index contributed by atoms with van der Waals surface area (Å²) in [5, 5.41) is 0. The second kappa shape index (κ2) is 6.22. The van der Waals surface area contributed by atoms with Crippen molar-refractivity contribution in [2.75, 3.05) is 39.7 Å². The van der Waals surface area contributed by atoms with E-state index in [2.05, 4.69) is 23.9 Å². The number of anilines is 1. The van der Waals surface area contributed by atoms with Crippen LogP contribution in [0.4, 0.5) is 5.69 Å². The molecule has 1 unspecified atom stereocenters. The van der Waals surface area contributed by atoms with Crippen molar-refractivity contribution in [2.45, 2.75) is 32.0 Å². The first-order chi connectivity index (χ1) is 10.1. The monoisotopic (exact) mass is 291 g/mol. The number of nitrogens with zero attached hydrogens (tertiary/aromatic N) is 2. The number of fused-ring (bicyclic) bond motifs is 1. The minimum Gasteiger partial charge on any atom is -0.467 e. The average Bonchev–Trinajstić information content (AvgIpc) is 2.84. The molecule has 1 aromatic carbocycles. The second-order valence-electron chi connectivity index (χ2n) is 6.25. The van der Waals surface area contributed by atoms with Crippen LogP contribution in [0.1, 0.15) is 24.0 Å². The highest BCUT2D eigenvalue weighted by molar-refractivity contribution is 5.53. The van der Waals surface area contributed by atoms with Gasteiger partial charge in [-0.15, -0.1) is 0 Å². The van der Waals surface area contributed by atoms with Crippen molar-refractivity contribution in [3.05, 3.63) is 23.3 Å². The van der Waals surface area contributed by atoms with Crippen LogP contribution >= 0.6 is 0 Å². The van der Waals surface area contributed by atoms with Crippen molar-refractivity contribution >= 4 is 5.69 Å². The SMILES string of the molecule is CN(Cc1cc(N)cc2c1OCOC2)CC1CCCN1C. The van der Waals surface area contributed by atoms with E-state index in [1.54, 1.807) is 0 Å². The van der Waals surface area contributed by atoms with Gasteiger partial charge in [0, 0.05) is 35.9 Å². The highest BCUT2D eigenvalue weighted by Gasteiger charge is 2.23. The van der Waals surface area contributed by atoms with Gasteiger partial charge in [0.25, 0.3) is 0 Å². The zero-order chi connectivity index (χ0) is 14.8. The molecule has 1 fully saturated rings. The number of rotatable bonds is 4. The molecule has 116 valence electrons. The van der Waals surface area contributed by atoms with Crippen molar-refractivity contribution in [1.82, 2.24) is 9.80 Å². The second-order valence-corrected chi connectivity index (χ2v) is 6.25. The molecule has 2 heterocycles. The Morgan fingerprint density at radius 1 is 1.43 bits per heavy atom. The number of likely N-dealkylation sites (tertiary alicyclic amines) is 1. The standard InChI is InChI=1S/C16H25N3O2/c1-18(9-15-4-3-5-19(15)2)8-12-6-14(17)7-13-10-20-11-21-16(12)13/h6-7,15H,3-5,8-11,17H2,1-2H3. The first-order valence-electron chi connectivity index (χ1n) is 7.64. The molecule has 5 heteroatoms. The molecule has 2 N–H and O–H groups in total. The van der Waals surface area contributed by atoms with Crippen LogP contribution in [0.15, 0.2) is 12.1 Å². The number of ether oxygens (including phenoxy) is 2. The summed E-state index contributed by atoms with van der Waals surface area (Å²) in [7, 11) is 4.38. The summed E-state index contributed by atoms with van der Waals surface area (Å²) < 4.78 is 11.0. The highest BCUT2D eigenvalue weighted by Crippen LogP contribution is 2.31. The van der Waals surface area contributed by atoms with Crippen LogP contribution in [0, 0.1) is 0 Å². The van der Waals surface area contributed by atoms with Gasteiger partial charge in [-0.3, -0.25) is 0 Å². The van der Waals surface area contributed by atoms with E-state index in [-0.39, 0.29) is 0 Å². The number of nitrogen functional groups attached to an aromatic ring is 1. The maximum Gasteiger partial charge on any atom is 0.189 e. The highest BCUT2D eigenvalue weighted by atomic mass is 16.7. The van der Waals surface area contributed by atoms with Gasteiger partial charge in [-0.25, -0.2) is 0 Å². The Kier molecular flexibility index (Phi) is 4.33. The summed E-state index contributed by atoms with van der Waals surface area (Å²) >= 11 is 0. The van der Waals surface area contributed by atoms with Crippen LogP contribution in [0.5, 0.6) is 5.75 Å². The van der Waals surface area contributed by atoms with Crippen molar-refractivity contribution < 1.29 is 9.47 Å². The van der Waals surface area contributed by atoms with Gasteiger partial charge in [0.05, 0.1) is 6.61 Å². The van der Waals surface area contributed by atoms with Crippen LogP contribution in [-0.2, 0) is 17.9 Å². The Morgan fingerprint density at radius 2 is 2.29 bits per heavy atom. The van der Waals surface area contributed by atoms with Gasteiger partial charge < -0.3 is 25.0 Å². The summed E-state index contributed by atoms with van der Waals surface area (Å²) in [6.07, 6.45) is 2.60. The zero-order valence-corrected chi connectivity index (χ0v) is 13.0. The third-order valence-electron chi connectivity index (χ3n) is 4.44. The topological polar surface area (TPSA) is 51.0 Å². The Balaban J connectivity index is 1.70. The van der Waals surface area contributed by atoms with Gasteiger partial charge in [-0.1, -0.05) is 0 Å². The Bertz CT molecular complexity index is 507. The van der Waals surface area contributed by atoms with Gasteiger partial charge in [-0.05, 0) is 45.6 Å². The van der Waals surface area contributed by atoms with E-state index in [4.69, 9.17) is 15.2 Å². The minimum absolute atomic E-state index is 0.332. The lowest BCUT2D eigenvalue weighted by atomic mass is 10.1. The smallest absolute Gasteiger partial charge is 0.189 e. The van der Waals surface area contributed by atoms with Crippen LogP contribution < -0.4 is 10.5 Å². The molecule has 1 atom stereocenters. The normalized spacial score (nSPS) is 22.3. The predicted octanol–water partition coefficient (Wildman–Crippen LogP) is 1.66. The lowest BCUT2D eigenvalue weighted by Gasteiger charge is -2.27. The molecule has 5 nitrogen and oxygen atoms in total. The third kappa shape index (κ3) is 3.31. The van der Waals surface area contributed by atoms with Crippen molar-refractivity contribution in [3.63, 3.8) is 0 Å². The molecule has 0 bridgehead atoms. The molecule has 2 aliphatic rings. The zero-order valence-electron chi connectivity index (χ0n) is 13.0. The van der Waals surface area contributed by atoms with Gasteiger partial charge in [0.15, 0.2) is 6.79 Å². The molecule has 0 spiro atoms. The maximum atomic E-state index is 6.01. The summed E-state index contributed by atoms with van der Waals surface area (Å²) in [5.74, 6) is 0.960. The molecule has 1 aromatic rings. The molecule has 3 rings (SSSR count). The lowest BCUT2D eigenvalue weighted by Crippen LogP contribution is -2.36. The van der Waals surface area contributed by atoms with Crippen molar-refractivity contribution in [3.8, 4) is 5.75 Å². The van der Waals surface area contributed by atoms with E-state index in [0.29, 0.717) is 19.4 Å². The summed E-state index contributed by atoms with van der Waals surface area (Å²) in [4.78, 5) is 4.82. The minimum atomic E-state index is 0.332. The van der Waals surface area contributed by atoms with Crippen molar-refractivity contribution in [1.29, 1.82) is 0 Å². The summed E-state index contributed by atoms with van der Waals surface area (Å²) in [6.45, 7) is 4.07. The molecule has 0 radical (unpaired) electrons. The molecular formula is C16H25N3O2. The fraction of sp³-hybridized carbons (Fsp3) is 0.625. The Hall–Kier alpha value is -1.30. The van der Waals surface area contributed by atoms with Crippen molar-refractivity contribution in [2.24, 2.45) is 0 Å². The fourth-order valence-corrected chi connectivity index (χ4v) is 3.37. The van der Waals surface area contributed by atoms with E-state index >= 15 is 0 Å². The molecule has 2 aliphatic heterocycles. The molecule has 0 aliphatic carbocycles. The Morgan fingerprint density at radius 3 is 3.05 bits per heavy atom. The molecule has 0 saturated carbocycles. The van der Waals surface area contributed by atoms with E-state index in [1.165, 1.54) is 19.4 Å². The lowest BCUT2D eigenvalue weighted by molar-refractivity contribution is -0.0174. The number of benzene rings is 1. The van der Waals surface area contributed by atoms with E-state index in [1.807, 2.05) is 12.1 Å². The summed E-state index contributed by atoms with van der Waals surface area (Å²) in [6, 6.07) is 4.64. The number of likely N-dealkylation sites (N-methyl/N-ethyl adjacent to an activating group) is 2. The molecule has 21 heavy (non-hydrogen) atoms. The van der Waals surface area contributed by atoms with Gasteiger partial charge in [0.1, 0.15) is 5.75 Å². The van der Waals surface area contributed by atoms with Crippen LogP contribution in [-0.4, -0.2) is 49.8 Å². The molecule has 0 aromatic heterocycles. The van der Waals surface area contributed by atoms with E-state index in [0.717, 1.165) is 35.7 Å². The number of hydrogen-bond donors (Lipinski definition) is 1. The van der Waals surface area contributed by atoms with Gasteiger partial charge >= 0.3 is 0 Å². The average molecular weight is 291 g/mol. The van der Waals surface area contributed by atoms with E-state index < -0.39 is 0 Å². The fourth-order valence-electron chi connectivity index (χ4n) is 3.37. The largest absolute Gasteiger partial charge is 0.467 e. The maximum absolute atomic E-state index is 6.01. The molecular weight excluding hydrogens is 266 g/mol. The molecule has 0 amide bonds. The van der Waals surface area contributed by atoms with Gasteiger partial charge in [0.2, 0.25) is 0 Å². The first-order valence-corrected chi connectivity index (χ1v) is 7.64. The molecule has 1 saturated heterocycles. The summed E-state index contributed by atoms with van der Waals surface area (Å²) in [5.41, 5.74) is 9.01. The quantitative estimate of drug-likeness (QED) is 0.855. The first kappa shape index (κ1) is 14.6. The number of hydrogen-bond acceptors (Lipinski definition) is 5. The Labute approximate surface area is 126 Å². The van der Waals surface area contributed by atoms with Crippen LogP contribution in [0.2, 0.25) is 0 Å². The number of nitrogens with two attached hydrogens (primary N) is 1. The van der Waals surface area contributed by atoms with E-state index in [9.17, 15) is 0 Å². The van der Waals surface area contributed by atoms with Crippen LogP contribution in [0.25, 0.3) is 0 Å². The van der Waals surface area contributed by atoms with Crippen LogP contribution in [0.3, 0.4) is 0 Å².